The zero-order valence-electron chi connectivity index (χ0n) is 6.30. The molecule has 0 aromatic heterocycles. The van der Waals surface area contributed by atoms with Crippen LogP contribution >= 0.6 is 0 Å². The lowest BCUT2D eigenvalue weighted by atomic mass is 10.0. The van der Waals surface area contributed by atoms with Crippen molar-refractivity contribution in [3.8, 4) is 0 Å². The van der Waals surface area contributed by atoms with Crippen LogP contribution in [0.5, 0.6) is 0 Å². The molecule has 0 spiro atoms. The quantitative estimate of drug-likeness (QED) is 0.514. The highest BCUT2D eigenvalue weighted by Crippen LogP contribution is 2.14. The van der Waals surface area contributed by atoms with E-state index in [4.69, 9.17) is 0 Å². The van der Waals surface area contributed by atoms with Gasteiger partial charge in [0.1, 0.15) is 0 Å². The number of hydrogen-bond acceptors (Lipinski definition) is 0. The van der Waals surface area contributed by atoms with Crippen LogP contribution in [0.15, 0.2) is 48.1 Å². The molecule has 0 nitrogen and oxygen atoms in total. The van der Waals surface area contributed by atoms with Crippen molar-refractivity contribution in [3.63, 3.8) is 0 Å². The molecule has 0 saturated heterocycles. The van der Waals surface area contributed by atoms with E-state index in [1.807, 2.05) is 6.08 Å². The Morgan fingerprint density at radius 1 is 1.60 bits per heavy atom. The van der Waals surface area contributed by atoms with Gasteiger partial charge in [-0.05, 0) is 24.5 Å². The van der Waals surface area contributed by atoms with Crippen LogP contribution in [0.1, 0.15) is 13.3 Å². The molecular weight excluding hydrogens is 120 g/mol. The molecule has 0 unspecified atom stereocenters. The molecule has 0 amide bonds. The van der Waals surface area contributed by atoms with Crippen LogP contribution in [0.2, 0.25) is 0 Å². The van der Waals surface area contributed by atoms with E-state index in [0.717, 1.165) is 6.42 Å². The van der Waals surface area contributed by atoms with E-state index in [2.05, 4.69) is 37.8 Å². The lowest BCUT2D eigenvalue weighted by molar-refractivity contribution is 1.21. The van der Waals surface area contributed by atoms with Crippen LogP contribution in [0, 0.1) is 0 Å². The summed E-state index contributed by atoms with van der Waals surface area (Å²) in [5, 5.41) is 0. The van der Waals surface area contributed by atoms with E-state index in [-0.39, 0.29) is 0 Å². The van der Waals surface area contributed by atoms with E-state index >= 15 is 0 Å². The summed E-state index contributed by atoms with van der Waals surface area (Å²) in [5.74, 6) is 0. The standard InChI is InChI=1S/C10H12/c1-3-9(2)10-7-5-4-6-8-10/h3-7H,1,8H2,2H3/b10-9-. The van der Waals surface area contributed by atoms with Crippen LogP contribution in [0.4, 0.5) is 0 Å². The summed E-state index contributed by atoms with van der Waals surface area (Å²) in [7, 11) is 0. The second-order valence-electron chi connectivity index (χ2n) is 2.40. The van der Waals surface area contributed by atoms with Crippen LogP contribution < -0.4 is 0 Å². The fraction of sp³-hybridized carbons (Fsp3) is 0.200. The van der Waals surface area contributed by atoms with Crippen molar-refractivity contribution in [3.05, 3.63) is 48.1 Å². The van der Waals surface area contributed by atoms with Crippen molar-refractivity contribution in [2.75, 3.05) is 0 Å². The largest absolute Gasteiger partial charge is 0.0988 e. The van der Waals surface area contributed by atoms with Gasteiger partial charge in [0.05, 0.1) is 0 Å². The van der Waals surface area contributed by atoms with Crippen LogP contribution in [0.25, 0.3) is 0 Å². The monoisotopic (exact) mass is 132 g/mol. The van der Waals surface area contributed by atoms with E-state index < -0.39 is 0 Å². The molecule has 0 aromatic rings. The lowest BCUT2D eigenvalue weighted by Crippen LogP contribution is -1.83. The highest BCUT2D eigenvalue weighted by Gasteiger charge is 1.95. The van der Waals surface area contributed by atoms with E-state index in [0.29, 0.717) is 0 Å². The molecule has 0 heteroatoms. The highest BCUT2D eigenvalue weighted by atomic mass is 14.0. The molecule has 0 saturated carbocycles. The fourth-order valence-electron chi connectivity index (χ4n) is 0.937. The van der Waals surface area contributed by atoms with Gasteiger partial charge in [-0.25, -0.2) is 0 Å². The van der Waals surface area contributed by atoms with Gasteiger partial charge >= 0.3 is 0 Å². The first-order chi connectivity index (χ1) is 4.84. The van der Waals surface area contributed by atoms with Crippen LogP contribution in [-0.2, 0) is 0 Å². The first-order valence-electron chi connectivity index (χ1n) is 3.50. The molecule has 10 heavy (non-hydrogen) atoms. The van der Waals surface area contributed by atoms with Crippen LogP contribution in [-0.4, -0.2) is 0 Å². The van der Waals surface area contributed by atoms with Gasteiger partial charge in [0.25, 0.3) is 0 Å². The number of hydrogen-bond donors (Lipinski definition) is 0. The molecule has 1 aliphatic rings. The lowest BCUT2D eigenvalue weighted by Gasteiger charge is -2.03. The zero-order valence-corrected chi connectivity index (χ0v) is 6.30. The third-order valence-electron chi connectivity index (χ3n) is 1.70. The Kier molecular flexibility index (Phi) is 2.27. The summed E-state index contributed by atoms with van der Waals surface area (Å²) < 4.78 is 0. The smallest absolute Gasteiger partial charge is 0.00917 e. The minimum atomic E-state index is 1.05. The normalized spacial score (nSPS) is 20.9. The molecule has 0 aromatic carbocycles. The van der Waals surface area contributed by atoms with Crippen molar-refractivity contribution < 1.29 is 0 Å². The van der Waals surface area contributed by atoms with Crippen molar-refractivity contribution in [2.45, 2.75) is 13.3 Å². The third kappa shape index (κ3) is 1.47. The van der Waals surface area contributed by atoms with E-state index in [9.17, 15) is 0 Å². The minimum Gasteiger partial charge on any atom is -0.0988 e. The van der Waals surface area contributed by atoms with E-state index in [1.165, 1.54) is 11.1 Å². The molecular formula is C10H12. The topological polar surface area (TPSA) is 0 Å². The van der Waals surface area contributed by atoms with Gasteiger partial charge in [0.2, 0.25) is 0 Å². The Hall–Kier alpha value is -1.04. The average molecular weight is 132 g/mol. The molecule has 1 rings (SSSR count). The highest BCUT2D eigenvalue weighted by molar-refractivity contribution is 5.36. The molecule has 0 fully saturated rings. The third-order valence-corrected chi connectivity index (χ3v) is 1.70. The Labute approximate surface area is 62.3 Å². The van der Waals surface area contributed by atoms with Gasteiger partial charge in [-0.2, -0.15) is 0 Å². The Morgan fingerprint density at radius 3 is 2.90 bits per heavy atom. The maximum absolute atomic E-state index is 3.72. The van der Waals surface area contributed by atoms with Gasteiger partial charge in [-0.3, -0.25) is 0 Å². The predicted molar refractivity (Wildman–Crippen MR) is 45.8 cm³/mol. The maximum Gasteiger partial charge on any atom is -0.00917 e. The average Bonchev–Trinajstić information content (AvgIpc) is 2.05. The SMILES string of the molecule is C=C/C(C)=C1/C=CC=CC1. The Morgan fingerprint density at radius 2 is 2.40 bits per heavy atom. The second-order valence-corrected chi connectivity index (χ2v) is 2.40. The molecule has 0 bridgehead atoms. The second kappa shape index (κ2) is 3.21. The molecule has 52 valence electrons. The van der Waals surface area contributed by atoms with Crippen LogP contribution in [0.3, 0.4) is 0 Å². The Bertz CT molecular complexity index is 214. The summed E-state index contributed by atoms with van der Waals surface area (Å²) >= 11 is 0. The summed E-state index contributed by atoms with van der Waals surface area (Å²) in [6, 6.07) is 0. The zero-order chi connectivity index (χ0) is 7.40. The van der Waals surface area contributed by atoms with Gasteiger partial charge in [-0.1, -0.05) is 37.0 Å². The first-order valence-corrected chi connectivity index (χ1v) is 3.50. The minimum absolute atomic E-state index is 1.05. The molecule has 0 heterocycles. The van der Waals surface area contributed by atoms with Crippen molar-refractivity contribution in [1.82, 2.24) is 0 Å². The molecule has 1 aliphatic carbocycles. The molecule has 0 atom stereocenters. The summed E-state index contributed by atoms with van der Waals surface area (Å²) in [6.45, 7) is 5.81. The molecule has 0 aliphatic heterocycles. The summed E-state index contributed by atoms with van der Waals surface area (Å²) in [6.07, 6.45) is 11.4. The fourth-order valence-corrected chi connectivity index (χ4v) is 0.937. The van der Waals surface area contributed by atoms with Crippen molar-refractivity contribution >= 4 is 0 Å². The number of allylic oxidation sites excluding steroid dienone is 7. The van der Waals surface area contributed by atoms with Gasteiger partial charge in [-0.15, -0.1) is 0 Å². The maximum atomic E-state index is 3.72. The van der Waals surface area contributed by atoms with Gasteiger partial charge in [0.15, 0.2) is 0 Å². The molecule has 0 N–H and O–H groups in total. The Balaban J connectivity index is 2.84. The predicted octanol–water partition coefficient (Wildman–Crippen LogP) is 3.01. The van der Waals surface area contributed by atoms with Gasteiger partial charge in [0, 0.05) is 0 Å². The van der Waals surface area contributed by atoms with Crippen molar-refractivity contribution in [2.24, 2.45) is 0 Å². The number of rotatable bonds is 1. The summed E-state index contributed by atoms with van der Waals surface area (Å²) in [4.78, 5) is 0. The molecule has 0 radical (unpaired) electrons. The van der Waals surface area contributed by atoms with Gasteiger partial charge < -0.3 is 0 Å². The van der Waals surface area contributed by atoms with E-state index in [1.54, 1.807) is 0 Å². The summed E-state index contributed by atoms with van der Waals surface area (Å²) in [5.41, 5.74) is 2.65. The van der Waals surface area contributed by atoms with Crippen molar-refractivity contribution in [1.29, 1.82) is 0 Å². The first kappa shape index (κ1) is 7.07.